The van der Waals surface area contributed by atoms with Gasteiger partial charge in [0, 0.05) is 18.7 Å². The summed E-state index contributed by atoms with van der Waals surface area (Å²) in [4.78, 5) is 28.3. The van der Waals surface area contributed by atoms with E-state index < -0.39 is 0 Å². The zero-order valence-electron chi connectivity index (χ0n) is 14.2. The first-order valence-corrected chi connectivity index (χ1v) is 9.52. The number of fused-ring (bicyclic) bond motifs is 1. The topological polar surface area (TPSA) is 78.0 Å². The van der Waals surface area contributed by atoms with Gasteiger partial charge in [0.1, 0.15) is 0 Å². The summed E-state index contributed by atoms with van der Waals surface area (Å²) >= 11 is 1.65. The molecule has 1 heterocycles. The largest absolute Gasteiger partial charge is 0.370 e. The van der Waals surface area contributed by atoms with Gasteiger partial charge in [-0.25, -0.2) is 4.98 Å². The Balaban J connectivity index is 2.17. The predicted molar refractivity (Wildman–Crippen MR) is 99.3 cm³/mol. The van der Waals surface area contributed by atoms with E-state index >= 15 is 0 Å². The van der Waals surface area contributed by atoms with Crippen molar-refractivity contribution in [1.82, 2.24) is 9.55 Å². The molecule has 2 aromatic rings. The van der Waals surface area contributed by atoms with Crippen LogP contribution in [0.15, 0.2) is 34.2 Å². The maximum atomic E-state index is 12.8. The van der Waals surface area contributed by atoms with Gasteiger partial charge in [0.2, 0.25) is 5.91 Å². The number of primary amides is 1. The second kappa shape index (κ2) is 9.47. The van der Waals surface area contributed by atoms with Crippen molar-refractivity contribution in [2.75, 3.05) is 5.75 Å². The molecule has 130 valence electrons. The van der Waals surface area contributed by atoms with Crippen LogP contribution in [0.25, 0.3) is 10.9 Å². The number of rotatable bonds is 10. The first-order chi connectivity index (χ1) is 11.6. The Morgan fingerprint density at radius 1 is 1.21 bits per heavy atom. The predicted octanol–water partition coefficient (Wildman–Crippen LogP) is 3.33. The highest BCUT2D eigenvalue weighted by atomic mass is 32.2. The third kappa shape index (κ3) is 5.09. The van der Waals surface area contributed by atoms with Gasteiger partial charge in [-0.05, 0) is 31.4 Å². The minimum atomic E-state index is -0.268. The highest BCUT2D eigenvalue weighted by Gasteiger charge is 2.11. The minimum Gasteiger partial charge on any atom is -0.370 e. The molecule has 0 unspecified atom stereocenters. The SMILES string of the molecule is CCCCSc1nc2ccccc2c(=O)n1CCCCCC(N)=O. The van der Waals surface area contributed by atoms with Crippen LogP contribution in [0.3, 0.4) is 0 Å². The number of nitrogens with zero attached hydrogens (tertiary/aromatic N) is 2. The van der Waals surface area contributed by atoms with Crippen LogP contribution in [0.5, 0.6) is 0 Å². The lowest BCUT2D eigenvalue weighted by molar-refractivity contribution is -0.118. The van der Waals surface area contributed by atoms with Gasteiger partial charge in [-0.1, -0.05) is 43.7 Å². The first kappa shape index (κ1) is 18.5. The monoisotopic (exact) mass is 347 g/mol. The smallest absolute Gasteiger partial charge is 0.262 e. The number of nitrogens with two attached hydrogens (primary N) is 1. The number of thioether (sulfide) groups is 1. The fourth-order valence-corrected chi connectivity index (χ4v) is 3.62. The zero-order chi connectivity index (χ0) is 17.4. The molecular formula is C18H25N3O2S. The van der Waals surface area contributed by atoms with Gasteiger partial charge in [0.05, 0.1) is 10.9 Å². The van der Waals surface area contributed by atoms with E-state index in [-0.39, 0.29) is 11.5 Å². The summed E-state index contributed by atoms with van der Waals surface area (Å²) in [7, 11) is 0. The number of unbranched alkanes of at least 4 members (excludes halogenated alkanes) is 3. The molecule has 1 amide bonds. The highest BCUT2D eigenvalue weighted by Crippen LogP contribution is 2.19. The Morgan fingerprint density at radius 3 is 2.75 bits per heavy atom. The lowest BCUT2D eigenvalue weighted by atomic mass is 10.2. The third-order valence-corrected chi connectivity index (χ3v) is 4.92. The summed E-state index contributed by atoms with van der Waals surface area (Å²) in [5.41, 5.74) is 5.94. The van der Waals surface area contributed by atoms with Gasteiger partial charge in [-0.2, -0.15) is 0 Å². The lowest BCUT2D eigenvalue weighted by Crippen LogP contribution is -2.23. The van der Waals surface area contributed by atoms with Crippen LogP contribution < -0.4 is 11.3 Å². The molecule has 24 heavy (non-hydrogen) atoms. The molecule has 0 saturated carbocycles. The van der Waals surface area contributed by atoms with E-state index in [2.05, 4.69) is 11.9 Å². The van der Waals surface area contributed by atoms with Gasteiger partial charge < -0.3 is 5.73 Å². The molecule has 0 saturated heterocycles. The van der Waals surface area contributed by atoms with Gasteiger partial charge in [-0.3, -0.25) is 14.2 Å². The lowest BCUT2D eigenvalue weighted by Gasteiger charge is -2.13. The Kier molecular flexibility index (Phi) is 7.31. The van der Waals surface area contributed by atoms with Gasteiger partial charge >= 0.3 is 0 Å². The molecular weight excluding hydrogens is 322 g/mol. The molecule has 6 heteroatoms. The number of hydrogen-bond donors (Lipinski definition) is 1. The third-order valence-electron chi connectivity index (χ3n) is 3.86. The molecule has 5 nitrogen and oxygen atoms in total. The summed E-state index contributed by atoms with van der Waals surface area (Å²) in [6.45, 7) is 2.78. The summed E-state index contributed by atoms with van der Waals surface area (Å²) < 4.78 is 1.78. The molecule has 2 rings (SSSR count). The highest BCUT2D eigenvalue weighted by molar-refractivity contribution is 7.99. The van der Waals surface area contributed by atoms with Crippen LogP contribution in [0.2, 0.25) is 0 Å². The summed E-state index contributed by atoms with van der Waals surface area (Å²) in [5, 5.41) is 1.46. The van der Waals surface area contributed by atoms with Gasteiger partial charge in [-0.15, -0.1) is 0 Å². The van der Waals surface area contributed by atoms with Crippen molar-refractivity contribution in [2.45, 2.75) is 57.1 Å². The number of para-hydroxylation sites is 1. The molecule has 0 aliphatic rings. The van der Waals surface area contributed by atoms with Crippen LogP contribution in [0, 0.1) is 0 Å². The van der Waals surface area contributed by atoms with E-state index in [1.165, 1.54) is 0 Å². The van der Waals surface area contributed by atoms with E-state index in [1.54, 1.807) is 16.3 Å². The molecule has 0 bridgehead atoms. The summed E-state index contributed by atoms with van der Waals surface area (Å²) in [6.07, 6.45) is 5.12. The van der Waals surface area contributed by atoms with E-state index in [4.69, 9.17) is 5.73 Å². The van der Waals surface area contributed by atoms with Crippen molar-refractivity contribution in [3.05, 3.63) is 34.6 Å². The van der Waals surface area contributed by atoms with Crippen molar-refractivity contribution >= 4 is 28.6 Å². The van der Waals surface area contributed by atoms with E-state index in [0.29, 0.717) is 18.4 Å². The van der Waals surface area contributed by atoms with Crippen molar-refractivity contribution in [3.63, 3.8) is 0 Å². The number of carbonyl (C=O) groups is 1. The van der Waals surface area contributed by atoms with Crippen molar-refractivity contribution < 1.29 is 4.79 Å². The Morgan fingerprint density at radius 2 is 2.00 bits per heavy atom. The number of benzene rings is 1. The van der Waals surface area contributed by atoms with Crippen LogP contribution in [-0.4, -0.2) is 21.2 Å². The minimum absolute atomic E-state index is 0.0227. The second-order valence-electron chi connectivity index (χ2n) is 5.85. The van der Waals surface area contributed by atoms with Crippen molar-refractivity contribution in [2.24, 2.45) is 5.73 Å². The van der Waals surface area contributed by atoms with Crippen molar-refractivity contribution in [3.8, 4) is 0 Å². The molecule has 0 fully saturated rings. The number of carbonyl (C=O) groups excluding carboxylic acids is 1. The van der Waals surface area contributed by atoms with Crippen LogP contribution >= 0.6 is 11.8 Å². The molecule has 0 atom stereocenters. The Bertz CT molecular complexity index is 743. The molecule has 0 aliphatic heterocycles. The van der Waals surface area contributed by atoms with E-state index in [1.807, 2.05) is 24.3 Å². The van der Waals surface area contributed by atoms with E-state index in [9.17, 15) is 9.59 Å². The van der Waals surface area contributed by atoms with Gasteiger partial charge in [0.25, 0.3) is 5.56 Å². The normalized spacial score (nSPS) is 11.0. The molecule has 0 aliphatic carbocycles. The molecule has 0 spiro atoms. The number of aromatic nitrogens is 2. The molecule has 0 radical (unpaired) electrons. The van der Waals surface area contributed by atoms with E-state index in [0.717, 1.165) is 48.5 Å². The van der Waals surface area contributed by atoms with Crippen LogP contribution in [0.4, 0.5) is 0 Å². The average molecular weight is 347 g/mol. The first-order valence-electron chi connectivity index (χ1n) is 8.54. The second-order valence-corrected chi connectivity index (χ2v) is 6.91. The number of hydrogen-bond acceptors (Lipinski definition) is 4. The fourth-order valence-electron chi connectivity index (χ4n) is 2.51. The number of amides is 1. The molecule has 1 aromatic carbocycles. The Labute approximate surface area is 146 Å². The van der Waals surface area contributed by atoms with Gasteiger partial charge in [0.15, 0.2) is 5.16 Å². The van der Waals surface area contributed by atoms with Crippen molar-refractivity contribution in [1.29, 1.82) is 0 Å². The Hall–Kier alpha value is -1.82. The molecule has 1 aromatic heterocycles. The summed E-state index contributed by atoms with van der Waals surface area (Å²) in [6, 6.07) is 7.49. The maximum absolute atomic E-state index is 12.8. The quantitative estimate of drug-likeness (QED) is 0.406. The van der Waals surface area contributed by atoms with Crippen LogP contribution in [0.1, 0.15) is 45.4 Å². The maximum Gasteiger partial charge on any atom is 0.262 e. The standard InChI is InChI=1S/C18H25N3O2S/c1-2-3-13-24-18-20-15-10-7-6-9-14(15)17(23)21(18)12-8-4-5-11-16(19)22/h6-7,9-10H,2-5,8,11-13H2,1H3,(H2,19,22). The zero-order valence-corrected chi connectivity index (χ0v) is 15.0. The average Bonchev–Trinajstić information content (AvgIpc) is 2.57. The van der Waals surface area contributed by atoms with Crippen LogP contribution in [-0.2, 0) is 11.3 Å². The summed E-state index contributed by atoms with van der Waals surface area (Å²) in [5.74, 6) is 0.693. The molecule has 2 N–H and O–H groups in total. The fraction of sp³-hybridized carbons (Fsp3) is 0.500.